The molecule has 3 heterocycles. The van der Waals surface area contributed by atoms with Crippen LogP contribution < -0.4 is 5.32 Å². The van der Waals surface area contributed by atoms with Crippen LogP contribution in [0.25, 0.3) is 11.4 Å². The number of ether oxygens (including phenoxy) is 1. The van der Waals surface area contributed by atoms with E-state index in [4.69, 9.17) is 9.26 Å². The number of morpholine rings is 1. The molecule has 0 spiro atoms. The first-order valence-corrected chi connectivity index (χ1v) is 9.41. The van der Waals surface area contributed by atoms with Gasteiger partial charge in [-0.3, -0.25) is 9.69 Å². The quantitative estimate of drug-likeness (QED) is 0.846. The van der Waals surface area contributed by atoms with Gasteiger partial charge in [-0.2, -0.15) is 4.98 Å². The van der Waals surface area contributed by atoms with Gasteiger partial charge in [-0.15, -0.1) is 0 Å². The minimum atomic E-state index is -0.210. The van der Waals surface area contributed by atoms with Crippen molar-refractivity contribution in [2.75, 3.05) is 45.9 Å². The highest BCUT2D eigenvalue weighted by Gasteiger charge is 2.29. The van der Waals surface area contributed by atoms with Gasteiger partial charge in [0, 0.05) is 38.3 Å². The Morgan fingerprint density at radius 2 is 2.00 bits per heavy atom. The van der Waals surface area contributed by atoms with Gasteiger partial charge in [0.1, 0.15) is 6.04 Å². The van der Waals surface area contributed by atoms with Crippen molar-refractivity contribution in [3.63, 3.8) is 0 Å². The van der Waals surface area contributed by atoms with E-state index >= 15 is 0 Å². The van der Waals surface area contributed by atoms with Crippen LogP contribution in [0.4, 0.5) is 0 Å². The van der Waals surface area contributed by atoms with E-state index in [1.165, 1.54) is 5.56 Å². The number of carbonyl (C=O) groups is 1. The van der Waals surface area contributed by atoms with Gasteiger partial charge in [0.2, 0.25) is 17.6 Å². The van der Waals surface area contributed by atoms with Crippen molar-refractivity contribution in [1.82, 2.24) is 25.3 Å². The molecule has 1 amide bonds. The number of aromatic nitrogens is 2. The molecule has 2 aliphatic heterocycles. The monoisotopic (exact) mass is 371 g/mol. The number of amides is 1. The summed E-state index contributed by atoms with van der Waals surface area (Å²) in [4.78, 5) is 21.2. The summed E-state index contributed by atoms with van der Waals surface area (Å²) in [6.07, 6.45) is 0. The van der Waals surface area contributed by atoms with Gasteiger partial charge in [-0.05, 0) is 6.92 Å². The van der Waals surface area contributed by atoms with E-state index in [2.05, 4.69) is 20.4 Å². The number of hydrogen-bond acceptors (Lipinski definition) is 7. The Morgan fingerprint density at radius 3 is 2.70 bits per heavy atom. The van der Waals surface area contributed by atoms with Crippen LogP contribution in [0.15, 0.2) is 28.8 Å². The second kappa shape index (κ2) is 8.16. The summed E-state index contributed by atoms with van der Waals surface area (Å²) in [6, 6.07) is 7.86. The maximum absolute atomic E-state index is 12.5. The topological polar surface area (TPSA) is 83.7 Å². The number of carbonyl (C=O) groups excluding carboxylic acids is 1. The Morgan fingerprint density at radius 1 is 1.22 bits per heavy atom. The van der Waals surface area contributed by atoms with Crippen molar-refractivity contribution in [1.29, 1.82) is 0 Å². The number of nitrogens with zero attached hydrogens (tertiary/aromatic N) is 4. The molecule has 144 valence electrons. The average Bonchev–Trinajstić information content (AvgIpc) is 3.18. The van der Waals surface area contributed by atoms with Crippen molar-refractivity contribution in [2.45, 2.75) is 19.5 Å². The molecule has 1 aromatic carbocycles. The predicted molar refractivity (Wildman–Crippen MR) is 98.9 cm³/mol. The summed E-state index contributed by atoms with van der Waals surface area (Å²) in [6.45, 7) is 7.51. The number of nitrogens with one attached hydrogen (secondary N) is 1. The minimum absolute atomic E-state index is 0.133. The second-order valence-electron chi connectivity index (χ2n) is 7.06. The van der Waals surface area contributed by atoms with Gasteiger partial charge in [-0.25, -0.2) is 0 Å². The Hall–Kier alpha value is -2.29. The van der Waals surface area contributed by atoms with Crippen LogP contribution in [0.3, 0.4) is 0 Å². The molecule has 4 rings (SSSR count). The smallest absolute Gasteiger partial charge is 0.242 e. The molecule has 0 bridgehead atoms. The van der Waals surface area contributed by atoms with E-state index in [0.29, 0.717) is 44.6 Å². The first kappa shape index (κ1) is 18.1. The van der Waals surface area contributed by atoms with Crippen molar-refractivity contribution in [3.05, 3.63) is 35.7 Å². The molecule has 1 aromatic heterocycles. The van der Waals surface area contributed by atoms with Crippen molar-refractivity contribution in [3.8, 4) is 11.4 Å². The van der Waals surface area contributed by atoms with E-state index in [-0.39, 0.29) is 11.9 Å². The van der Waals surface area contributed by atoms with Crippen LogP contribution in [-0.2, 0) is 16.1 Å². The molecule has 1 atom stereocenters. The fourth-order valence-electron chi connectivity index (χ4n) is 3.40. The van der Waals surface area contributed by atoms with Crippen LogP contribution in [0.5, 0.6) is 0 Å². The highest BCUT2D eigenvalue weighted by atomic mass is 16.5. The molecule has 1 unspecified atom stereocenters. The van der Waals surface area contributed by atoms with Gasteiger partial charge in [0.05, 0.1) is 19.8 Å². The molecule has 2 aliphatic rings. The molecule has 8 heteroatoms. The second-order valence-corrected chi connectivity index (χ2v) is 7.06. The highest BCUT2D eigenvalue weighted by molar-refractivity contribution is 5.82. The fourth-order valence-corrected chi connectivity index (χ4v) is 3.40. The number of rotatable bonds is 4. The lowest BCUT2D eigenvalue weighted by Crippen LogP contribution is -2.57. The summed E-state index contributed by atoms with van der Waals surface area (Å²) in [5.41, 5.74) is 2.15. The van der Waals surface area contributed by atoms with E-state index in [1.54, 1.807) is 0 Å². The average molecular weight is 371 g/mol. The molecular formula is C19H25N5O3. The van der Waals surface area contributed by atoms with Crippen LogP contribution in [0.1, 0.15) is 11.5 Å². The van der Waals surface area contributed by atoms with Crippen LogP contribution in [0.2, 0.25) is 0 Å². The number of piperazine rings is 1. The SMILES string of the molecule is Cc1ccc(-c2noc(CN3CCN(C(=O)C4COCCN4)CC3)n2)cc1. The van der Waals surface area contributed by atoms with E-state index in [1.807, 2.05) is 36.1 Å². The van der Waals surface area contributed by atoms with Crippen molar-refractivity contribution in [2.24, 2.45) is 0 Å². The Kier molecular flexibility index (Phi) is 5.47. The van der Waals surface area contributed by atoms with E-state index in [9.17, 15) is 4.79 Å². The first-order chi connectivity index (χ1) is 13.2. The standard InChI is InChI=1S/C19H25N5O3/c1-14-2-4-15(5-3-14)18-21-17(27-22-18)12-23-7-9-24(10-8-23)19(25)16-13-26-11-6-20-16/h2-5,16,20H,6-13H2,1H3. The lowest BCUT2D eigenvalue weighted by atomic mass is 10.1. The molecule has 0 radical (unpaired) electrons. The van der Waals surface area contributed by atoms with E-state index < -0.39 is 0 Å². The first-order valence-electron chi connectivity index (χ1n) is 9.41. The summed E-state index contributed by atoms with van der Waals surface area (Å²) >= 11 is 0. The lowest BCUT2D eigenvalue weighted by molar-refractivity contribution is -0.138. The number of hydrogen-bond donors (Lipinski definition) is 1. The van der Waals surface area contributed by atoms with Crippen LogP contribution >= 0.6 is 0 Å². The predicted octanol–water partition coefficient (Wildman–Crippen LogP) is 0.678. The molecule has 0 aliphatic carbocycles. The zero-order valence-corrected chi connectivity index (χ0v) is 15.6. The van der Waals surface area contributed by atoms with Gasteiger partial charge in [-0.1, -0.05) is 35.0 Å². The molecule has 2 saturated heterocycles. The maximum Gasteiger partial charge on any atom is 0.242 e. The minimum Gasteiger partial charge on any atom is -0.378 e. The molecule has 8 nitrogen and oxygen atoms in total. The number of benzene rings is 1. The third kappa shape index (κ3) is 4.35. The number of aryl methyl sites for hydroxylation is 1. The largest absolute Gasteiger partial charge is 0.378 e. The third-order valence-electron chi connectivity index (χ3n) is 5.04. The Bertz CT molecular complexity index is 762. The fraction of sp³-hybridized carbons (Fsp3) is 0.526. The Labute approximate surface area is 158 Å². The van der Waals surface area contributed by atoms with E-state index in [0.717, 1.165) is 25.2 Å². The summed E-state index contributed by atoms with van der Waals surface area (Å²) in [7, 11) is 0. The van der Waals surface area contributed by atoms with Crippen LogP contribution in [0, 0.1) is 6.92 Å². The summed E-state index contributed by atoms with van der Waals surface area (Å²) < 4.78 is 10.8. The maximum atomic E-state index is 12.5. The summed E-state index contributed by atoms with van der Waals surface area (Å²) in [5.74, 6) is 1.35. The zero-order chi connectivity index (χ0) is 18.6. The van der Waals surface area contributed by atoms with Gasteiger partial charge < -0.3 is 19.5 Å². The van der Waals surface area contributed by atoms with Gasteiger partial charge in [0.25, 0.3) is 0 Å². The van der Waals surface area contributed by atoms with Gasteiger partial charge in [0.15, 0.2) is 0 Å². The van der Waals surface area contributed by atoms with Gasteiger partial charge >= 0.3 is 0 Å². The molecule has 1 N–H and O–H groups in total. The van der Waals surface area contributed by atoms with Crippen molar-refractivity contribution < 1.29 is 14.1 Å². The molecule has 2 fully saturated rings. The van der Waals surface area contributed by atoms with Crippen LogP contribution in [-0.4, -0.2) is 77.8 Å². The summed E-state index contributed by atoms with van der Waals surface area (Å²) in [5, 5.41) is 7.31. The highest BCUT2D eigenvalue weighted by Crippen LogP contribution is 2.17. The Balaban J connectivity index is 1.29. The molecule has 27 heavy (non-hydrogen) atoms. The lowest BCUT2D eigenvalue weighted by Gasteiger charge is -2.36. The zero-order valence-electron chi connectivity index (χ0n) is 15.6. The van der Waals surface area contributed by atoms with Crippen molar-refractivity contribution >= 4 is 5.91 Å². The molecule has 0 saturated carbocycles. The molecule has 2 aromatic rings. The normalized spacial score (nSPS) is 21.4. The third-order valence-corrected chi connectivity index (χ3v) is 5.04. The molecular weight excluding hydrogens is 346 g/mol.